The van der Waals surface area contributed by atoms with Crippen LogP contribution in [0.3, 0.4) is 0 Å². The Kier molecular flexibility index (Phi) is 8.17. The molecule has 40 heavy (non-hydrogen) atoms. The Bertz CT molecular complexity index is 1640. The molecular weight excluding hydrogens is 506 g/mol. The highest BCUT2D eigenvalue weighted by Gasteiger charge is 2.19. The SMILES string of the molecule is Cc1cnc(OCCN(C)C)cc1-c1cccc2c(CCCOc3cccc4ccccc34)c(OC(=O)O)[nH]c12. The number of hydrogen-bond donors (Lipinski definition) is 2. The van der Waals surface area contributed by atoms with E-state index in [4.69, 9.17) is 14.2 Å². The molecule has 0 aliphatic heterocycles. The van der Waals surface area contributed by atoms with Gasteiger partial charge in [-0.2, -0.15) is 0 Å². The number of hydrogen-bond acceptors (Lipinski definition) is 6. The second-order valence-corrected chi connectivity index (χ2v) is 9.95. The zero-order valence-electron chi connectivity index (χ0n) is 22.9. The van der Waals surface area contributed by atoms with E-state index in [1.54, 1.807) is 6.20 Å². The van der Waals surface area contributed by atoms with Crippen molar-refractivity contribution in [2.45, 2.75) is 19.8 Å². The van der Waals surface area contributed by atoms with Crippen molar-refractivity contribution in [2.75, 3.05) is 33.9 Å². The Hall–Kier alpha value is -4.56. The molecule has 0 radical (unpaired) electrons. The summed E-state index contributed by atoms with van der Waals surface area (Å²) in [5.41, 5.74) is 4.46. The van der Waals surface area contributed by atoms with Gasteiger partial charge in [-0.15, -0.1) is 0 Å². The van der Waals surface area contributed by atoms with Crippen molar-refractivity contribution < 1.29 is 24.1 Å². The summed E-state index contributed by atoms with van der Waals surface area (Å²) < 4.78 is 17.2. The van der Waals surface area contributed by atoms with Crippen LogP contribution in [0.4, 0.5) is 4.79 Å². The van der Waals surface area contributed by atoms with E-state index in [0.717, 1.165) is 56.2 Å². The number of H-pyrrole nitrogens is 1. The number of carbonyl (C=O) groups is 1. The number of aromatic amines is 1. The molecule has 3 aromatic carbocycles. The van der Waals surface area contributed by atoms with Gasteiger partial charge in [0.15, 0.2) is 0 Å². The molecule has 8 heteroatoms. The summed E-state index contributed by atoms with van der Waals surface area (Å²) >= 11 is 0. The predicted molar refractivity (Wildman–Crippen MR) is 157 cm³/mol. The van der Waals surface area contributed by atoms with Gasteiger partial charge in [-0.25, -0.2) is 9.78 Å². The topological polar surface area (TPSA) is 96.9 Å². The van der Waals surface area contributed by atoms with Crippen molar-refractivity contribution in [2.24, 2.45) is 0 Å². The molecule has 0 aliphatic carbocycles. The van der Waals surface area contributed by atoms with Crippen LogP contribution in [0.2, 0.25) is 0 Å². The lowest BCUT2D eigenvalue weighted by atomic mass is 9.98. The van der Waals surface area contributed by atoms with Gasteiger partial charge in [-0.05, 0) is 56.4 Å². The molecule has 5 rings (SSSR count). The number of nitrogens with zero attached hydrogens (tertiary/aromatic N) is 2. The smallest absolute Gasteiger partial charge is 0.493 e. The van der Waals surface area contributed by atoms with Gasteiger partial charge in [0.1, 0.15) is 12.4 Å². The number of nitrogens with one attached hydrogen (secondary N) is 1. The second kappa shape index (κ2) is 12.1. The summed E-state index contributed by atoms with van der Waals surface area (Å²) in [6.45, 7) is 3.77. The van der Waals surface area contributed by atoms with Crippen molar-refractivity contribution in [3.05, 3.63) is 84.1 Å². The first kappa shape index (κ1) is 27.0. The van der Waals surface area contributed by atoms with Gasteiger partial charge in [-0.1, -0.05) is 54.6 Å². The molecule has 0 saturated heterocycles. The van der Waals surface area contributed by atoms with Gasteiger partial charge in [0.25, 0.3) is 0 Å². The van der Waals surface area contributed by atoms with E-state index in [9.17, 15) is 9.90 Å². The predicted octanol–water partition coefficient (Wildman–Crippen LogP) is 6.70. The van der Waals surface area contributed by atoms with Crippen LogP contribution in [0.25, 0.3) is 32.8 Å². The summed E-state index contributed by atoms with van der Waals surface area (Å²) in [4.78, 5) is 21.3. The lowest BCUT2D eigenvalue weighted by Gasteiger charge is -2.13. The van der Waals surface area contributed by atoms with Gasteiger partial charge < -0.3 is 29.2 Å². The minimum atomic E-state index is -1.36. The van der Waals surface area contributed by atoms with E-state index in [1.807, 2.05) is 80.5 Å². The van der Waals surface area contributed by atoms with Crippen molar-refractivity contribution in [3.8, 4) is 28.6 Å². The molecular formula is C32H33N3O5. The molecule has 206 valence electrons. The molecule has 8 nitrogen and oxygen atoms in total. The van der Waals surface area contributed by atoms with E-state index in [0.29, 0.717) is 31.9 Å². The fourth-order valence-electron chi connectivity index (χ4n) is 4.86. The largest absolute Gasteiger partial charge is 0.512 e. The molecule has 0 unspecified atom stereocenters. The molecule has 0 fully saturated rings. The highest BCUT2D eigenvalue weighted by Crippen LogP contribution is 2.37. The fraction of sp³-hybridized carbons (Fsp3) is 0.250. The number of likely N-dealkylation sites (N-methyl/N-ethyl adjacent to an activating group) is 1. The van der Waals surface area contributed by atoms with Crippen LogP contribution < -0.4 is 14.2 Å². The average molecular weight is 540 g/mol. The Morgan fingerprint density at radius 1 is 0.950 bits per heavy atom. The zero-order valence-corrected chi connectivity index (χ0v) is 22.9. The first-order valence-electron chi connectivity index (χ1n) is 13.3. The Labute approximate surface area is 233 Å². The summed E-state index contributed by atoms with van der Waals surface area (Å²) in [7, 11) is 3.99. The number of pyridine rings is 1. The van der Waals surface area contributed by atoms with Crippen LogP contribution in [0.1, 0.15) is 17.5 Å². The van der Waals surface area contributed by atoms with Gasteiger partial charge >= 0.3 is 6.16 Å². The third kappa shape index (κ3) is 6.02. The number of fused-ring (bicyclic) bond motifs is 2. The van der Waals surface area contributed by atoms with Gasteiger partial charge in [0, 0.05) is 40.7 Å². The first-order chi connectivity index (χ1) is 19.4. The highest BCUT2D eigenvalue weighted by atomic mass is 16.7. The standard InChI is InChI=1S/C32H33N3O5/c1-21-20-33-29(39-18-16-35(2)3)19-27(21)25-13-7-12-24-26(31(34-30(24)25)40-32(36)37)14-8-17-38-28-15-6-10-22-9-4-5-11-23(22)28/h4-7,9-13,15,19-20,34H,8,14,16-18H2,1-3H3,(H,36,37). The third-order valence-corrected chi connectivity index (χ3v) is 6.83. The molecule has 5 aromatic rings. The monoisotopic (exact) mass is 539 g/mol. The van der Waals surface area contributed by atoms with Crippen LogP contribution in [-0.4, -0.2) is 60.0 Å². The van der Waals surface area contributed by atoms with Gasteiger partial charge in [-0.3, -0.25) is 0 Å². The summed E-state index contributed by atoms with van der Waals surface area (Å²) in [6, 6.07) is 22.0. The number of aromatic nitrogens is 2. The molecule has 0 bridgehead atoms. The number of aryl methyl sites for hydroxylation is 2. The van der Waals surface area contributed by atoms with E-state index in [2.05, 4.69) is 22.1 Å². The van der Waals surface area contributed by atoms with Crippen LogP contribution in [-0.2, 0) is 6.42 Å². The lowest BCUT2D eigenvalue weighted by molar-refractivity contribution is 0.142. The van der Waals surface area contributed by atoms with E-state index >= 15 is 0 Å². The molecule has 2 aromatic heterocycles. The van der Waals surface area contributed by atoms with Crippen molar-refractivity contribution in [1.29, 1.82) is 0 Å². The van der Waals surface area contributed by atoms with Crippen molar-refractivity contribution in [3.63, 3.8) is 0 Å². The normalized spacial score (nSPS) is 11.3. The number of carboxylic acid groups (broad SMARTS) is 1. The highest BCUT2D eigenvalue weighted by molar-refractivity contribution is 5.98. The second-order valence-electron chi connectivity index (χ2n) is 9.95. The quantitative estimate of drug-likeness (QED) is 0.142. The summed E-state index contributed by atoms with van der Waals surface area (Å²) in [6.07, 6.45) is 1.68. The summed E-state index contributed by atoms with van der Waals surface area (Å²) in [5, 5.41) is 12.5. The van der Waals surface area contributed by atoms with Crippen LogP contribution in [0.5, 0.6) is 17.5 Å². The maximum atomic E-state index is 11.5. The molecule has 2 N–H and O–H groups in total. The molecule has 0 atom stereocenters. The lowest BCUT2D eigenvalue weighted by Crippen LogP contribution is -2.19. The zero-order chi connectivity index (χ0) is 28.1. The van der Waals surface area contributed by atoms with E-state index in [-0.39, 0.29) is 5.88 Å². The first-order valence-corrected chi connectivity index (χ1v) is 13.3. The average Bonchev–Trinajstić information content (AvgIpc) is 3.28. The molecule has 0 saturated carbocycles. The Morgan fingerprint density at radius 2 is 1.73 bits per heavy atom. The van der Waals surface area contributed by atoms with E-state index in [1.165, 1.54) is 0 Å². The number of para-hydroxylation sites is 1. The molecule has 0 spiro atoms. The Morgan fingerprint density at radius 3 is 2.55 bits per heavy atom. The number of benzene rings is 3. The van der Waals surface area contributed by atoms with Gasteiger partial charge in [0.2, 0.25) is 11.8 Å². The summed E-state index contributed by atoms with van der Waals surface area (Å²) in [5.74, 6) is 1.60. The molecule has 2 heterocycles. The van der Waals surface area contributed by atoms with Crippen molar-refractivity contribution in [1.82, 2.24) is 14.9 Å². The minimum absolute atomic E-state index is 0.231. The van der Waals surface area contributed by atoms with E-state index < -0.39 is 6.16 Å². The maximum Gasteiger partial charge on any atom is 0.512 e. The van der Waals surface area contributed by atoms with Gasteiger partial charge in [0.05, 0.1) is 12.1 Å². The van der Waals surface area contributed by atoms with Crippen LogP contribution in [0.15, 0.2) is 72.9 Å². The molecule has 0 aliphatic rings. The third-order valence-electron chi connectivity index (χ3n) is 6.83. The maximum absolute atomic E-state index is 11.5. The Balaban J connectivity index is 1.40. The number of ether oxygens (including phenoxy) is 3. The minimum Gasteiger partial charge on any atom is -0.493 e. The molecule has 0 amide bonds. The van der Waals surface area contributed by atoms with Crippen LogP contribution in [0, 0.1) is 6.92 Å². The number of rotatable bonds is 11. The fourth-order valence-corrected chi connectivity index (χ4v) is 4.86. The van der Waals surface area contributed by atoms with Crippen molar-refractivity contribution >= 4 is 27.8 Å². The van der Waals surface area contributed by atoms with Crippen LogP contribution >= 0.6 is 0 Å².